The van der Waals surface area contributed by atoms with E-state index in [4.69, 9.17) is 0 Å². The van der Waals surface area contributed by atoms with Crippen molar-refractivity contribution in [1.82, 2.24) is 10.2 Å². The van der Waals surface area contributed by atoms with Crippen LogP contribution in [0.25, 0.3) is 5.70 Å². The number of phenolic OH excluding ortho intramolecular Hbond substituents is 1. The number of benzene rings is 2. The highest BCUT2D eigenvalue weighted by molar-refractivity contribution is 6.12. The average Bonchev–Trinajstić information content (AvgIpc) is 2.83. The maximum atomic E-state index is 13.2. The van der Waals surface area contributed by atoms with E-state index in [1.807, 2.05) is 42.2 Å². The molecule has 0 radical (unpaired) electrons. The second-order valence-corrected chi connectivity index (χ2v) is 8.07. The van der Waals surface area contributed by atoms with Crippen molar-refractivity contribution in [3.05, 3.63) is 70.8 Å². The fourth-order valence-corrected chi connectivity index (χ4v) is 4.18. The van der Waals surface area contributed by atoms with Gasteiger partial charge in [0.05, 0.1) is 5.71 Å². The van der Waals surface area contributed by atoms with Crippen molar-refractivity contribution in [1.29, 1.82) is 0 Å². The number of amides is 2. The molecule has 2 aromatic carbocycles. The molecule has 1 aliphatic rings. The summed E-state index contributed by atoms with van der Waals surface area (Å²) in [7, 11) is 1.67. The Balaban J connectivity index is 1.95. The fourth-order valence-electron chi connectivity index (χ4n) is 4.18. The zero-order valence-electron chi connectivity index (χ0n) is 19.0. The highest BCUT2D eigenvalue weighted by Gasteiger charge is 2.26. The minimum Gasteiger partial charge on any atom is -0.508 e. The first-order valence-corrected chi connectivity index (χ1v) is 11.1. The molecule has 1 unspecified atom stereocenters. The summed E-state index contributed by atoms with van der Waals surface area (Å²) in [6, 6.07) is 12.9. The molecule has 0 aliphatic carbocycles. The predicted molar refractivity (Wildman–Crippen MR) is 128 cm³/mol. The molecule has 3 rings (SSSR count). The number of carbonyl (C=O) groups excluding carboxylic acids is 2. The number of hydrogen-bond acceptors (Lipinski definition) is 4. The van der Waals surface area contributed by atoms with Gasteiger partial charge in [-0.1, -0.05) is 19.1 Å². The van der Waals surface area contributed by atoms with Crippen LogP contribution in [0.5, 0.6) is 5.75 Å². The van der Waals surface area contributed by atoms with Crippen LogP contribution in [-0.4, -0.2) is 47.7 Å². The maximum Gasteiger partial charge on any atom is 0.254 e. The van der Waals surface area contributed by atoms with Crippen LogP contribution in [0.3, 0.4) is 0 Å². The molecule has 32 heavy (non-hydrogen) atoms. The highest BCUT2D eigenvalue weighted by atomic mass is 16.3. The molecule has 0 saturated carbocycles. The zero-order valence-corrected chi connectivity index (χ0v) is 19.0. The molecule has 1 fully saturated rings. The number of allylic oxidation sites excluding steroid dienone is 1. The van der Waals surface area contributed by atoms with Gasteiger partial charge in [0.1, 0.15) is 5.75 Å². The second-order valence-electron chi connectivity index (χ2n) is 8.07. The third kappa shape index (κ3) is 5.25. The predicted octanol–water partition coefficient (Wildman–Crippen LogP) is 4.31. The Morgan fingerprint density at radius 2 is 1.97 bits per heavy atom. The van der Waals surface area contributed by atoms with Gasteiger partial charge in [0, 0.05) is 36.5 Å². The number of likely N-dealkylation sites (tertiary alicyclic amines) is 1. The average molecular weight is 434 g/mol. The first-order valence-electron chi connectivity index (χ1n) is 11.1. The standard InChI is InChI=1S/C26H31N3O3/c1-4-22-10-5-6-13-29(22)26(32)21-9-7-8-19(15-21)24(28-17-30)16-23(27-3)20-11-12-25(31)18(2)14-20/h7-9,11-12,14-17,22,31H,4-6,10,13H2,1-3H3,(H,28,30)/b24-16-,27-23?. The molecule has 0 aromatic heterocycles. The van der Waals surface area contributed by atoms with Gasteiger partial charge in [0.25, 0.3) is 5.91 Å². The minimum absolute atomic E-state index is 0.0300. The Morgan fingerprint density at radius 1 is 1.19 bits per heavy atom. The molecule has 1 aliphatic heterocycles. The Kier molecular flexibility index (Phi) is 7.82. The molecule has 1 saturated heterocycles. The van der Waals surface area contributed by atoms with E-state index in [9.17, 15) is 14.7 Å². The Hall–Kier alpha value is -3.41. The number of piperidine rings is 1. The quantitative estimate of drug-likeness (QED) is 0.504. The lowest BCUT2D eigenvalue weighted by molar-refractivity contribution is -0.108. The van der Waals surface area contributed by atoms with Crippen LogP contribution in [-0.2, 0) is 4.79 Å². The Bertz CT molecular complexity index is 1040. The molecule has 0 spiro atoms. The van der Waals surface area contributed by atoms with Gasteiger partial charge in [-0.2, -0.15) is 0 Å². The molecule has 6 heteroatoms. The number of aromatic hydroxyl groups is 1. The molecule has 1 atom stereocenters. The number of nitrogens with one attached hydrogen (secondary N) is 1. The summed E-state index contributed by atoms with van der Waals surface area (Å²) in [6.07, 6.45) is 6.58. The summed E-state index contributed by atoms with van der Waals surface area (Å²) in [4.78, 5) is 30.9. The lowest BCUT2D eigenvalue weighted by atomic mass is 9.98. The van der Waals surface area contributed by atoms with Crippen molar-refractivity contribution in [2.24, 2.45) is 4.99 Å². The van der Waals surface area contributed by atoms with E-state index in [-0.39, 0.29) is 17.7 Å². The van der Waals surface area contributed by atoms with Crippen molar-refractivity contribution < 1.29 is 14.7 Å². The lowest BCUT2D eigenvalue weighted by Crippen LogP contribution is -2.43. The van der Waals surface area contributed by atoms with Crippen LogP contribution in [0.1, 0.15) is 59.7 Å². The molecule has 2 aromatic rings. The van der Waals surface area contributed by atoms with E-state index >= 15 is 0 Å². The van der Waals surface area contributed by atoms with E-state index in [1.54, 1.807) is 25.3 Å². The number of carbonyl (C=O) groups is 2. The number of rotatable bonds is 7. The normalized spacial score (nSPS) is 17.2. The van der Waals surface area contributed by atoms with Gasteiger partial charge in [0.15, 0.2) is 0 Å². The van der Waals surface area contributed by atoms with Crippen molar-refractivity contribution in [2.45, 2.75) is 45.6 Å². The number of aliphatic imine (C=N–C) groups is 1. The molecular formula is C26H31N3O3. The summed E-state index contributed by atoms with van der Waals surface area (Å²) < 4.78 is 0. The van der Waals surface area contributed by atoms with E-state index in [1.165, 1.54) is 0 Å². The number of hydrogen-bond donors (Lipinski definition) is 2. The Labute approximate surface area is 189 Å². The molecular weight excluding hydrogens is 402 g/mol. The Morgan fingerprint density at radius 3 is 2.66 bits per heavy atom. The summed E-state index contributed by atoms with van der Waals surface area (Å²) in [5.74, 6) is 0.246. The second kappa shape index (κ2) is 10.8. The topological polar surface area (TPSA) is 82.0 Å². The number of nitrogens with zero attached hydrogens (tertiary/aromatic N) is 2. The fraction of sp³-hybridized carbons (Fsp3) is 0.346. The van der Waals surface area contributed by atoms with Gasteiger partial charge < -0.3 is 15.3 Å². The largest absolute Gasteiger partial charge is 0.508 e. The van der Waals surface area contributed by atoms with Crippen LogP contribution in [0.2, 0.25) is 0 Å². The lowest BCUT2D eigenvalue weighted by Gasteiger charge is -2.35. The van der Waals surface area contributed by atoms with Crippen molar-refractivity contribution in [2.75, 3.05) is 13.6 Å². The number of aryl methyl sites for hydroxylation is 1. The monoisotopic (exact) mass is 433 g/mol. The molecule has 2 N–H and O–H groups in total. The third-order valence-corrected chi connectivity index (χ3v) is 6.01. The molecule has 168 valence electrons. The van der Waals surface area contributed by atoms with Crippen molar-refractivity contribution in [3.63, 3.8) is 0 Å². The van der Waals surface area contributed by atoms with Gasteiger partial charge in [-0.15, -0.1) is 0 Å². The van der Waals surface area contributed by atoms with Gasteiger partial charge in [0.2, 0.25) is 6.41 Å². The van der Waals surface area contributed by atoms with Gasteiger partial charge in [-0.05, 0) is 80.1 Å². The van der Waals surface area contributed by atoms with E-state index in [0.29, 0.717) is 23.4 Å². The summed E-state index contributed by atoms with van der Waals surface area (Å²) in [6.45, 7) is 4.72. The smallest absolute Gasteiger partial charge is 0.254 e. The highest BCUT2D eigenvalue weighted by Crippen LogP contribution is 2.24. The summed E-state index contributed by atoms with van der Waals surface area (Å²) in [5.41, 5.74) is 4.09. The van der Waals surface area contributed by atoms with Crippen LogP contribution >= 0.6 is 0 Å². The van der Waals surface area contributed by atoms with Crippen molar-refractivity contribution >= 4 is 23.7 Å². The maximum absolute atomic E-state index is 13.2. The first-order chi connectivity index (χ1) is 15.5. The van der Waals surface area contributed by atoms with E-state index in [2.05, 4.69) is 17.2 Å². The van der Waals surface area contributed by atoms with Crippen molar-refractivity contribution in [3.8, 4) is 5.75 Å². The molecule has 0 bridgehead atoms. The van der Waals surface area contributed by atoms with Gasteiger partial charge in [-0.3, -0.25) is 14.6 Å². The van der Waals surface area contributed by atoms with Crippen LogP contribution in [0.15, 0.2) is 53.5 Å². The van der Waals surface area contributed by atoms with Crippen LogP contribution in [0, 0.1) is 6.92 Å². The number of phenols is 1. The van der Waals surface area contributed by atoms with E-state index < -0.39 is 0 Å². The van der Waals surface area contributed by atoms with Crippen LogP contribution < -0.4 is 5.32 Å². The molecule has 6 nitrogen and oxygen atoms in total. The third-order valence-electron chi connectivity index (χ3n) is 6.01. The zero-order chi connectivity index (χ0) is 23.1. The summed E-state index contributed by atoms with van der Waals surface area (Å²) in [5, 5.41) is 12.6. The van der Waals surface area contributed by atoms with Gasteiger partial charge in [-0.25, -0.2) is 0 Å². The van der Waals surface area contributed by atoms with E-state index in [0.717, 1.165) is 48.9 Å². The molecule has 2 amide bonds. The molecule has 1 heterocycles. The first kappa shape index (κ1) is 23.3. The minimum atomic E-state index is 0.0300. The van der Waals surface area contributed by atoms with Gasteiger partial charge >= 0.3 is 0 Å². The SMILES string of the molecule is CCC1CCCCN1C(=O)c1cccc(/C(=C/C(=NC)c2ccc(O)c(C)c2)NC=O)c1. The summed E-state index contributed by atoms with van der Waals surface area (Å²) >= 11 is 0. The van der Waals surface area contributed by atoms with Crippen LogP contribution in [0.4, 0.5) is 0 Å².